The first kappa shape index (κ1) is 11.9. The van der Waals surface area contributed by atoms with Crippen molar-refractivity contribution in [3.8, 4) is 0 Å². The van der Waals surface area contributed by atoms with Crippen molar-refractivity contribution in [3.63, 3.8) is 0 Å². The van der Waals surface area contributed by atoms with E-state index in [4.69, 9.17) is 0 Å². The van der Waals surface area contributed by atoms with Crippen molar-refractivity contribution in [2.24, 2.45) is 17.8 Å². The summed E-state index contributed by atoms with van der Waals surface area (Å²) in [4.78, 5) is 9.78. The van der Waals surface area contributed by atoms with Crippen LogP contribution in [-0.2, 0) is 6.54 Å². The Morgan fingerprint density at radius 2 is 1.74 bits per heavy atom. The van der Waals surface area contributed by atoms with Gasteiger partial charge in [0.15, 0.2) is 0 Å². The summed E-state index contributed by atoms with van der Waals surface area (Å²) in [5.41, 5.74) is 1.22. The van der Waals surface area contributed by atoms with Crippen LogP contribution >= 0.6 is 0 Å². The van der Waals surface area contributed by atoms with Gasteiger partial charge in [-0.2, -0.15) is 0 Å². The van der Waals surface area contributed by atoms with Crippen LogP contribution in [0.1, 0.15) is 18.5 Å². The van der Waals surface area contributed by atoms with E-state index in [1.807, 2.05) is 12.3 Å². The number of rotatable bonds is 4. The van der Waals surface area contributed by atoms with Crippen LogP contribution in [0.25, 0.3) is 0 Å². The minimum Gasteiger partial charge on any atom is -0.302 e. The first-order valence-electron chi connectivity index (χ1n) is 7.71. The highest BCUT2D eigenvalue weighted by atomic mass is 15.2. The maximum atomic E-state index is 4.45. The molecule has 0 spiro atoms. The predicted molar refractivity (Wildman–Crippen MR) is 75.7 cm³/mol. The second-order valence-corrected chi connectivity index (χ2v) is 6.70. The molecule has 0 N–H and O–H groups in total. The molecule has 1 aromatic heterocycles. The topological polar surface area (TPSA) is 19.4 Å². The van der Waals surface area contributed by atoms with Gasteiger partial charge >= 0.3 is 0 Å². The van der Waals surface area contributed by atoms with Crippen LogP contribution in [0.2, 0.25) is 0 Å². The van der Waals surface area contributed by atoms with E-state index in [0.717, 1.165) is 24.3 Å². The lowest BCUT2D eigenvalue weighted by atomic mass is 10.0. The fraction of sp³-hybridized carbons (Fsp3) is 0.688. The van der Waals surface area contributed by atoms with Gasteiger partial charge in [-0.3, -0.25) is 9.88 Å². The molecule has 2 saturated heterocycles. The van der Waals surface area contributed by atoms with Crippen LogP contribution in [0, 0.1) is 17.8 Å². The summed E-state index contributed by atoms with van der Waals surface area (Å²) in [7, 11) is 0. The van der Waals surface area contributed by atoms with E-state index in [-0.39, 0.29) is 0 Å². The lowest BCUT2D eigenvalue weighted by Gasteiger charge is -2.20. The Kier molecular flexibility index (Phi) is 3.04. The van der Waals surface area contributed by atoms with E-state index in [2.05, 4.69) is 26.9 Å². The molecule has 0 aromatic carbocycles. The van der Waals surface area contributed by atoms with E-state index >= 15 is 0 Å². The Labute approximate surface area is 115 Å². The number of pyridine rings is 1. The third-order valence-electron chi connectivity index (χ3n) is 4.96. The zero-order chi connectivity index (χ0) is 12.7. The zero-order valence-electron chi connectivity index (χ0n) is 11.5. The molecule has 1 saturated carbocycles. The maximum absolute atomic E-state index is 4.45. The molecule has 2 aliphatic heterocycles. The van der Waals surface area contributed by atoms with Gasteiger partial charge in [0.25, 0.3) is 0 Å². The summed E-state index contributed by atoms with van der Waals surface area (Å²) < 4.78 is 0. The third kappa shape index (κ3) is 2.67. The van der Waals surface area contributed by atoms with Crippen LogP contribution in [0.15, 0.2) is 24.4 Å². The van der Waals surface area contributed by atoms with Crippen molar-refractivity contribution >= 4 is 0 Å². The molecule has 4 rings (SSSR count). The molecule has 0 unspecified atom stereocenters. The normalized spacial score (nSPS) is 31.8. The van der Waals surface area contributed by atoms with Gasteiger partial charge in [-0.25, -0.2) is 0 Å². The van der Waals surface area contributed by atoms with Gasteiger partial charge in [0.2, 0.25) is 0 Å². The predicted octanol–water partition coefficient (Wildman–Crippen LogP) is 1.86. The number of nitrogens with zero attached hydrogens (tertiary/aromatic N) is 3. The van der Waals surface area contributed by atoms with Crippen molar-refractivity contribution in [3.05, 3.63) is 30.1 Å². The molecule has 1 aliphatic carbocycles. The highest BCUT2D eigenvalue weighted by molar-refractivity contribution is 5.04. The maximum Gasteiger partial charge on any atom is 0.0543 e. The van der Waals surface area contributed by atoms with Crippen LogP contribution in [0.4, 0.5) is 0 Å². The number of fused-ring (bicyclic) bond motifs is 1. The van der Waals surface area contributed by atoms with Gasteiger partial charge in [-0.1, -0.05) is 6.07 Å². The first-order valence-corrected chi connectivity index (χ1v) is 7.71. The van der Waals surface area contributed by atoms with Crippen LogP contribution in [-0.4, -0.2) is 47.5 Å². The molecular formula is C16H23N3. The van der Waals surface area contributed by atoms with E-state index in [0.29, 0.717) is 0 Å². The number of hydrogen-bond acceptors (Lipinski definition) is 3. The fourth-order valence-electron chi connectivity index (χ4n) is 3.85. The second-order valence-electron chi connectivity index (χ2n) is 6.70. The number of likely N-dealkylation sites (tertiary alicyclic amines) is 2. The molecule has 102 valence electrons. The molecule has 0 amide bonds. The summed E-state index contributed by atoms with van der Waals surface area (Å²) in [5.74, 6) is 2.88. The Balaban J connectivity index is 1.30. The van der Waals surface area contributed by atoms with Crippen molar-refractivity contribution in [2.75, 3.05) is 32.7 Å². The van der Waals surface area contributed by atoms with Gasteiger partial charge in [-0.05, 0) is 42.7 Å². The molecule has 2 atom stereocenters. The summed E-state index contributed by atoms with van der Waals surface area (Å²) in [6.45, 7) is 7.67. The molecule has 3 nitrogen and oxygen atoms in total. The van der Waals surface area contributed by atoms with Gasteiger partial charge in [0, 0.05) is 45.5 Å². The summed E-state index contributed by atoms with van der Waals surface area (Å²) >= 11 is 0. The number of aromatic nitrogens is 1. The summed E-state index contributed by atoms with van der Waals surface area (Å²) in [6, 6.07) is 6.24. The van der Waals surface area contributed by atoms with Crippen LogP contribution in [0.5, 0.6) is 0 Å². The molecule has 3 heteroatoms. The van der Waals surface area contributed by atoms with Crippen molar-refractivity contribution < 1.29 is 0 Å². The highest BCUT2D eigenvalue weighted by Crippen LogP contribution is 2.36. The van der Waals surface area contributed by atoms with Gasteiger partial charge in [-0.15, -0.1) is 0 Å². The average molecular weight is 257 g/mol. The Bertz CT molecular complexity index is 415. The van der Waals surface area contributed by atoms with E-state index in [1.54, 1.807) is 0 Å². The molecular weight excluding hydrogens is 234 g/mol. The molecule has 3 fully saturated rings. The van der Waals surface area contributed by atoms with Gasteiger partial charge < -0.3 is 4.90 Å². The fourth-order valence-corrected chi connectivity index (χ4v) is 3.85. The minimum absolute atomic E-state index is 0.919. The molecule has 3 aliphatic rings. The quantitative estimate of drug-likeness (QED) is 0.820. The lowest BCUT2D eigenvalue weighted by molar-refractivity contribution is 0.244. The zero-order valence-corrected chi connectivity index (χ0v) is 11.5. The van der Waals surface area contributed by atoms with E-state index in [1.165, 1.54) is 51.3 Å². The van der Waals surface area contributed by atoms with Crippen LogP contribution < -0.4 is 0 Å². The molecule has 0 bridgehead atoms. The minimum atomic E-state index is 0.919. The highest BCUT2D eigenvalue weighted by Gasteiger charge is 2.41. The Morgan fingerprint density at radius 1 is 1.00 bits per heavy atom. The van der Waals surface area contributed by atoms with Crippen LogP contribution in [0.3, 0.4) is 0 Å². The van der Waals surface area contributed by atoms with E-state index < -0.39 is 0 Å². The third-order valence-corrected chi connectivity index (χ3v) is 4.96. The second kappa shape index (κ2) is 4.88. The smallest absolute Gasteiger partial charge is 0.0543 e. The Morgan fingerprint density at radius 3 is 2.37 bits per heavy atom. The molecule has 1 aromatic rings. The first-order chi connectivity index (χ1) is 9.37. The van der Waals surface area contributed by atoms with E-state index in [9.17, 15) is 0 Å². The largest absolute Gasteiger partial charge is 0.302 e. The molecule has 3 heterocycles. The lowest BCUT2D eigenvalue weighted by Crippen LogP contribution is -2.30. The standard InChI is InChI=1S/C16H23N3/c1-2-6-17-16(3-1)12-19-10-14-8-18(7-13-4-5-13)9-15(14)11-19/h1-3,6,13-15H,4-5,7-12H2/t14-,15-/m0/s1. The number of hydrogen-bond donors (Lipinski definition) is 0. The average Bonchev–Trinajstić information content (AvgIpc) is 3.02. The Hall–Kier alpha value is -0.930. The van der Waals surface area contributed by atoms with Gasteiger partial charge in [0.1, 0.15) is 0 Å². The SMILES string of the molecule is c1ccc(CN2C[C@@H]3CN(CC4CC4)C[C@H]3C2)nc1. The summed E-state index contributed by atoms with van der Waals surface area (Å²) in [6.07, 6.45) is 4.87. The molecule has 19 heavy (non-hydrogen) atoms. The molecule has 0 radical (unpaired) electrons. The van der Waals surface area contributed by atoms with Crippen molar-refractivity contribution in [1.82, 2.24) is 14.8 Å². The van der Waals surface area contributed by atoms with Gasteiger partial charge in [0.05, 0.1) is 5.69 Å². The van der Waals surface area contributed by atoms with Crippen molar-refractivity contribution in [1.29, 1.82) is 0 Å². The monoisotopic (exact) mass is 257 g/mol. The summed E-state index contributed by atoms with van der Waals surface area (Å²) in [5, 5.41) is 0. The van der Waals surface area contributed by atoms with Crippen molar-refractivity contribution in [2.45, 2.75) is 19.4 Å².